The van der Waals surface area contributed by atoms with E-state index in [-0.39, 0.29) is 0 Å². The average molecular weight is 320 g/mol. The standard InChI is InChI=1S/C19H32N2O2/c1-7-8-14(2)13-20-15(3)16-9-11-17(12-10-16)21-18(22)23-19(4,5)6/h9-12,14-15,20H,7-8,13H2,1-6H3,(H,21,22). The number of nitrogens with one attached hydrogen (secondary N) is 2. The molecule has 1 aromatic carbocycles. The highest BCUT2D eigenvalue weighted by Gasteiger charge is 2.16. The number of carbonyl (C=O) groups excluding carboxylic acids is 1. The minimum absolute atomic E-state index is 0.296. The molecule has 0 saturated carbocycles. The Morgan fingerprint density at radius 1 is 1.17 bits per heavy atom. The molecule has 2 atom stereocenters. The number of hydrogen-bond donors (Lipinski definition) is 2. The number of anilines is 1. The molecule has 0 aliphatic heterocycles. The van der Waals surface area contributed by atoms with E-state index in [1.807, 2.05) is 45.0 Å². The van der Waals surface area contributed by atoms with Crippen molar-refractivity contribution >= 4 is 11.8 Å². The fourth-order valence-electron chi connectivity index (χ4n) is 2.37. The van der Waals surface area contributed by atoms with Gasteiger partial charge >= 0.3 is 6.09 Å². The summed E-state index contributed by atoms with van der Waals surface area (Å²) in [4.78, 5) is 11.7. The minimum Gasteiger partial charge on any atom is -0.444 e. The summed E-state index contributed by atoms with van der Waals surface area (Å²) in [5, 5.41) is 6.31. The highest BCUT2D eigenvalue weighted by Crippen LogP contribution is 2.18. The zero-order chi connectivity index (χ0) is 17.5. The predicted octanol–water partition coefficient (Wildman–Crippen LogP) is 5.12. The van der Waals surface area contributed by atoms with E-state index in [1.54, 1.807) is 0 Å². The second-order valence-electron chi connectivity index (χ2n) is 7.27. The zero-order valence-corrected chi connectivity index (χ0v) is 15.4. The van der Waals surface area contributed by atoms with Gasteiger partial charge in [0, 0.05) is 11.7 Å². The van der Waals surface area contributed by atoms with Crippen molar-refractivity contribution in [1.82, 2.24) is 5.32 Å². The quantitative estimate of drug-likeness (QED) is 0.733. The van der Waals surface area contributed by atoms with Crippen molar-refractivity contribution in [2.75, 3.05) is 11.9 Å². The summed E-state index contributed by atoms with van der Waals surface area (Å²) in [6.45, 7) is 13.2. The molecule has 0 aliphatic carbocycles. The maximum absolute atomic E-state index is 11.7. The van der Waals surface area contributed by atoms with Crippen LogP contribution < -0.4 is 10.6 Å². The van der Waals surface area contributed by atoms with E-state index in [2.05, 4.69) is 31.4 Å². The molecule has 1 rings (SSSR count). The molecule has 2 unspecified atom stereocenters. The number of hydrogen-bond acceptors (Lipinski definition) is 3. The van der Waals surface area contributed by atoms with Crippen LogP contribution in [-0.4, -0.2) is 18.2 Å². The maximum Gasteiger partial charge on any atom is 0.412 e. The first kappa shape index (κ1) is 19.5. The third-order valence-electron chi connectivity index (χ3n) is 3.61. The summed E-state index contributed by atoms with van der Waals surface area (Å²) in [5.74, 6) is 0.690. The molecule has 2 N–H and O–H groups in total. The summed E-state index contributed by atoms with van der Waals surface area (Å²) in [6, 6.07) is 8.19. The Bertz CT molecular complexity index is 477. The Morgan fingerprint density at radius 3 is 2.30 bits per heavy atom. The van der Waals surface area contributed by atoms with Crippen LogP contribution in [0.3, 0.4) is 0 Å². The van der Waals surface area contributed by atoms with E-state index in [0.29, 0.717) is 12.0 Å². The maximum atomic E-state index is 11.7. The summed E-state index contributed by atoms with van der Waals surface area (Å²) >= 11 is 0. The first-order chi connectivity index (χ1) is 10.7. The molecule has 0 heterocycles. The van der Waals surface area contributed by atoms with Crippen molar-refractivity contribution in [2.45, 2.75) is 66.0 Å². The van der Waals surface area contributed by atoms with Crippen LogP contribution in [0.25, 0.3) is 0 Å². The topological polar surface area (TPSA) is 50.4 Å². The largest absolute Gasteiger partial charge is 0.444 e. The molecular formula is C19H32N2O2. The average Bonchev–Trinajstić information content (AvgIpc) is 2.44. The Morgan fingerprint density at radius 2 is 1.78 bits per heavy atom. The van der Waals surface area contributed by atoms with Gasteiger partial charge in [0.1, 0.15) is 5.60 Å². The van der Waals surface area contributed by atoms with E-state index in [1.165, 1.54) is 18.4 Å². The van der Waals surface area contributed by atoms with Gasteiger partial charge in [0.05, 0.1) is 0 Å². The van der Waals surface area contributed by atoms with Crippen LogP contribution >= 0.6 is 0 Å². The normalized spacial score (nSPS) is 14.2. The molecule has 0 bridgehead atoms. The van der Waals surface area contributed by atoms with Gasteiger partial charge in [0.15, 0.2) is 0 Å². The summed E-state index contributed by atoms with van der Waals surface area (Å²) in [7, 11) is 0. The smallest absolute Gasteiger partial charge is 0.412 e. The van der Waals surface area contributed by atoms with Crippen LogP contribution in [0, 0.1) is 5.92 Å². The van der Waals surface area contributed by atoms with Gasteiger partial charge in [-0.15, -0.1) is 0 Å². The van der Waals surface area contributed by atoms with Crippen LogP contribution in [0.1, 0.15) is 66.0 Å². The Kier molecular flexibility index (Phi) is 7.56. The SMILES string of the molecule is CCCC(C)CNC(C)c1ccc(NC(=O)OC(C)(C)C)cc1. The lowest BCUT2D eigenvalue weighted by Gasteiger charge is -2.20. The zero-order valence-electron chi connectivity index (χ0n) is 15.4. The van der Waals surface area contributed by atoms with Gasteiger partial charge in [-0.1, -0.05) is 32.4 Å². The van der Waals surface area contributed by atoms with Crippen LogP contribution in [0.15, 0.2) is 24.3 Å². The minimum atomic E-state index is -0.488. The molecule has 0 aliphatic rings. The second-order valence-corrected chi connectivity index (χ2v) is 7.27. The highest BCUT2D eigenvalue weighted by molar-refractivity contribution is 5.84. The van der Waals surface area contributed by atoms with Gasteiger partial charge in [-0.25, -0.2) is 4.79 Å². The number of ether oxygens (including phenoxy) is 1. The second kappa shape index (κ2) is 8.92. The van der Waals surface area contributed by atoms with Crippen molar-refractivity contribution in [1.29, 1.82) is 0 Å². The summed E-state index contributed by atoms with van der Waals surface area (Å²) in [6.07, 6.45) is 2.05. The molecule has 23 heavy (non-hydrogen) atoms. The molecule has 1 aromatic rings. The van der Waals surface area contributed by atoms with Crippen LogP contribution in [0.2, 0.25) is 0 Å². The molecular weight excluding hydrogens is 288 g/mol. The van der Waals surface area contributed by atoms with Crippen LogP contribution in [0.5, 0.6) is 0 Å². The lowest BCUT2D eigenvalue weighted by molar-refractivity contribution is 0.0636. The lowest BCUT2D eigenvalue weighted by Crippen LogP contribution is -2.27. The summed E-state index contributed by atoms with van der Waals surface area (Å²) in [5.41, 5.74) is 1.47. The van der Waals surface area contributed by atoms with E-state index in [0.717, 1.165) is 12.2 Å². The van der Waals surface area contributed by atoms with E-state index < -0.39 is 11.7 Å². The third kappa shape index (κ3) is 8.03. The van der Waals surface area contributed by atoms with Gasteiger partial charge in [-0.05, 0) is 64.3 Å². The van der Waals surface area contributed by atoms with Gasteiger partial charge in [-0.2, -0.15) is 0 Å². The van der Waals surface area contributed by atoms with E-state index in [9.17, 15) is 4.79 Å². The van der Waals surface area contributed by atoms with Gasteiger partial charge < -0.3 is 10.1 Å². The predicted molar refractivity (Wildman–Crippen MR) is 96.8 cm³/mol. The summed E-state index contributed by atoms with van der Waals surface area (Å²) < 4.78 is 5.24. The Labute approximate surface area is 141 Å². The van der Waals surface area contributed by atoms with Gasteiger partial charge in [0.25, 0.3) is 0 Å². The molecule has 0 saturated heterocycles. The molecule has 4 heteroatoms. The van der Waals surface area contributed by atoms with E-state index >= 15 is 0 Å². The molecule has 0 aromatic heterocycles. The molecule has 0 spiro atoms. The van der Waals surface area contributed by atoms with Crippen LogP contribution in [0.4, 0.5) is 10.5 Å². The lowest BCUT2D eigenvalue weighted by atomic mass is 10.0. The first-order valence-corrected chi connectivity index (χ1v) is 8.54. The van der Waals surface area contributed by atoms with Gasteiger partial charge in [-0.3, -0.25) is 5.32 Å². The number of rotatable bonds is 7. The monoisotopic (exact) mass is 320 g/mol. The van der Waals surface area contributed by atoms with E-state index in [4.69, 9.17) is 4.74 Å². The number of carbonyl (C=O) groups is 1. The molecule has 0 radical (unpaired) electrons. The molecule has 4 nitrogen and oxygen atoms in total. The first-order valence-electron chi connectivity index (χ1n) is 8.54. The molecule has 130 valence electrons. The molecule has 0 fully saturated rings. The number of benzene rings is 1. The number of amides is 1. The fraction of sp³-hybridized carbons (Fsp3) is 0.632. The highest BCUT2D eigenvalue weighted by atomic mass is 16.6. The van der Waals surface area contributed by atoms with Crippen LogP contribution in [-0.2, 0) is 4.74 Å². The molecule has 1 amide bonds. The van der Waals surface area contributed by atoms with Crippen molar-refractivity contribution in [3.63, 3.8) is 0 Å². The third-order valence-corrected chi connectivity index (χ3v) is 3.61. The fourth-order valence-corrected chi connectivity index (χ4v) is 2.37. The Hall–Kier alpha value is -1.55. The van der Waals surface area contributed by atoms with Crippen molar-refractivity contribution in [3.8, 4) is 0 Å². The Balaban J connectivity index is 2.50. The van der Waals surface area contributed by atoms with Crippen molar-refractivity contribution < 1.29 is 9.53 Å². The van der Waals surface area contributed by atoms with Crippen molar-refractivity contribution in [3.05, 3.63) is 29.8 Å². The van der Waals surface area contributed by atoms with Gasteiger partial charge in [0.2, 0.25) is 0 Å². The van der Waals surface area contributed by atoms with Crippen molar-refractivity contribution in [2.24, 2.45) is 5.92 Å².